The Labute approximate surface area is 117 Å². The van der Waals surface area contributed by atoms with E-state index in [4.69, 9.17) is 10.2 Å². The van der Waals surface area contributed by atoms with Crippen LogP contribution in [-0.4, -0.2) is 4.98 Å². The summed E-state index contributed by atoms with van der Waals surface area (Å²) in [5.41, 5.74) is 8.88. The van der Waals surface area contributed by atoms with Crippen molar-refractivity contribution in [3.8, 4) is 11.5 Å². The van der Waals surface area contributed by atoms with Crippen molar-refractivity contribution in [3.05, 3.63) is 46.2 Å². The number of benzene rings is 2. The molecule has 0 atom stereocenters. The first kappa shape index (κ1) is 12.2. The number of nitrogens with zero attached hydrogens (tertiary/aromatic N) is 1. The lowest BCUT2D eigenvalue weighted by atomic mass is 10.1. The van der Waals surface area contributed by atoms with Crippen LogP contribution < -0.4 is 5.73 Å². The van der Waals surface area contributed by atoms with Crippen LogP contribution in [0.5, 0.6) is 0 Å². The fraction of sp³-hybridized carbons (Fsp3) is 0.0714. The third-order valence-electron chi connectivity index (χ3n) is 2.89. The Morgan fingerprint density at radius 3 is 2.79 bits per heavy atom. The van der Waals surface area contributed by atoms with Gasteiger partial charge in [0.2, 0.25) is 5.89 Å². The summed E-state index contributed by atoms with van der Waals surface area (Å²) in [4.78, 5) is 4.38. The van der Waals surface area contributed by atoms with Gasteiger partial charge in [-0.1, -0.05) is 15.9 Å². The second kappa shape index (κ2) is 4.35. The number of rotatable bonds is 1. The molecule has 0 bridgehead atoms. The number of aromatic nitrogens is 1. The highest BCUT2D eigenvalue weighted by molar-refractivity contribution is 9.10. The van der Waals surface area contributed by atoms with E-state index in [-0.39, 0.29) is 5.82 Å². The Morgan fingerprint density at radius 1 is 1.26 bits per heavy atom. The van der Waals surface area contributed by atoms with Gasteiger partial charge >= 0.3 is 0 Å². The normalized spacial score (nSPS) is 11.1. The topological polar surface area (TPSA) is 52.0 Å². The Bertz CT molecular complexity index is 782. The molecule has 96 valence electrons. The molecule has 3 nitrogen and oxygen atoms in total. The summed E-state index contributed by atoms with van der Waals surface area (Å²) < 4.78 is 19.8. The molecule has 3 rings (SSSR count). The van der Waals surface area contributed by atoms with Crippen molar-refractivity contribution in [2.45, 2.75) is 6.92 Å². The zero-order chi connectivity index (χ0) is 13.6. The van der Waals surface area contributed by atoms with Gasteiger partial charge in [0.1, 0.15) is 11.3 Å². The van der Waals surface area contributed by atoms with Gasteiger partial charge in [-0.05, 0) is 42.8 Å². The molecule has 2 aromatic carbocycles. The Balaban J connectivity index is 2.20. The largest absolute Gasteiger partial charge is 0.434 e. The van der Waals surface area contributed by atoms with Gasteiger partial charge in [0.25, 0.3) is 0 Å². The van der Waals surface area contributed by atoms with Crippen molar-refractivity contribution in [3.63, 3.8) is 0 Å². The summed E-state index contributed by atoms with van der Waals surface area (Å²) in [5, 5.41) is 0. The first-order valence-electron chi connectivity index (χ1n) is 5.66. The van der Waals surface area contributed by atoms with E-state index in [0.29, 0.717) is 28.2 Å². The number of anilines is 1. The maximum Gasteiger partial charge on any atom is 0.227 e. The summed E-state index contributed by atoms with van der Waals surface area (Å²) in [6.45, 7) is 1.70. The average molecular weight is 321 g/mol. The number of aryl methyl sites for hydroxylation is 1. The number of hydrogen-bond acceptors (Lipinski definition) is 3. The predicted octanol–water partition coefficient (Wildman–Crippen LogP) is 4.29. The van der Waals surface area contributed by atoms with Crippen molar-refractivity contribution in [2.24, 2.45) is 0 Å². The number of oxazole rings is 1. The van der Waals surface area contributed by atoms with Gasteiger partial charge in [0.05, 0.1) is 5.69 Å². The molecule has 2 N–H and O–H groups in total. The fourth-order valence-corrected chi connectivity index (χ4v) is 2.39. The third kappa shape index (κ3) is 2.10. The summed E-state index contributed by atoms with van der Waals surface area (Å²) in [5.74, 6) is 0.185. The van der Waals surface area contributed by atoms with Crippen molar-refractivity contribution in [2.75, 3.05) is 5.73 Å². The van der Waals surface area contributed by atoms with Gasteiger partial charge < -0.3 is 10.2 Å². The quantitative estimate of drug-likeness (QED) is 0.680. The number of hydrogen-bond donors (Lipinski definition) is 1. The molecule has 1 aromatic heterocycles. The first-order valence-corrected chi connectivity index (χ1v) is 6.46. The number of nitrogen functional groups attached to an aromatic ring is 1. The minimum absolute atomic E-state index is 0.248. The van der Waals surface area contributed by atoms with E-state index in [1.807, 2.05) is 6.07 Å². The summed E-state index contributed by atoms with van der Waals surface area (Å²) >= 11 is 3.36. The molecule has 0 spiro atoms. The van der Waals surface area contributed by atoms with Gasteiger partial charge in [-0.25, -0.2) is 9.37 Å². The van der Waals surface area contributed by atoms with Gasteiger partial charge in [-0.3, -0.25) is 0 Å². The second-order valence-corrected chi connectivity index (χ2v) is 5.24. The van der Waals surface area contributed by atoms with E-state index in [0.717, 1.165) is 10.0 Å². The fourth-order valence-electron chi connectivity index (χ4n) is 1.92. The molecule has 1 heterocycles. The molecule has 0 radical (unpaired) electrons. The van der Waals surface area contributed by atoms with E-state index in [1.54, 1.807) is 25.1 Å². The highest BCUT2D eigenvalue weighted by atomic mass is 79.9. The Hall–Kier alpha value is -1.88. The molecule has 0 saturated carbocycles. The molecular formula is C14H10BrFN2O. The lowest BCUT2D eigenvalue weighted by Gasteiger charge is -1.98. The van der Waals surface area contributed by atoms with Crippen molar-refractivity contribution in [1.82, 2.24) is 4.98 Å². The zero-order valence-electron chi connectivity index (χ0n) is 10.1. The van der Waals surface area contributed by atoms with Gasteiger partial charge in [0, 0.05) is 10.0 Å². The molecule has 19 heavy (non-hydrogen) atoms. The first-order chi connectivity index (χ1) is 9.04. The van der Waals surface area contributed by atoms with Gasteiger partial charge in [-0.15, -0.1) is 0 Å². The number of nitrogens with two attached hydrogens (primary N) is 1. The second-order valence-electron chi connectivity index (χ2n) is 4.33. The molecule has 0 aliphatic carbocycles. The van der Waals surface area contributed by atoms with E-state index >= 15 is 0 Å². The molecule has 0 amide bonds. The molecular weight excluding hydrogens is 311 g/mol. The third-order valence-corrected chi connectivity index (χ3v) is 3.35. The highest BCUT2D eigenvalue weighted by Gasteiger charge is 2.12. The van der Waals surface area contributed by atoms with Crippen LogP contribution in [0.1, 0.15) is 5.56 Å². The maximum atomic E-state index is 13.3. The van der Waals surface area contributed by atoms with E-state index < -0.39 is 0 Å². The number of halogens is 2. The molecule has 0 saturated heterocycles. The molecule has 0 aliphatic rings. The van der Waals surface area contributed by atoms with Crippen LogP contribution in [0.4, 0.5) is 10.1 Å². The predicted molar refractivity (Wildman–Crippen MR) is 76.3 cm³/mol. The van der Waals surface area contributed by atoms with Crippen LogP contribution >= 0.6 is 15.9 Å². The lowest BCUT2D eigenvalue weighted by Crippen LogP contribution is -1.84. The van der Waals surface area contributed by atoms with E-state index in [9.17, 15) is 4.39 Å². The van der Waals surface area contributed by atoms with Crippen LogP contribution in [0.2, 0.25) is 0 Å². The van der Waals surface area contributed by atoms with Gasteiger partial charge in [-0.2, -0.15) is 0 Å². The SMILES string of the molecule is Cc1cc(-c2nc3cc(Br)cc(N)c3o2)ccc1F. The summed E-state index contributed by atoms with van der Waals surface area (Å²) in [7, 11) is 0. The highest BCUT2D eigenvalue weighted by Crippen LogP contribution is 2.31. The Morgan fingerprint density at radius 2 is 2.05 bits per heavy atom. The number of fused-ring (bicyclic) bond motifs is 1. The van der Waals surface area contributed by atoms with Crippen LogP contribution in [0.15, 0.2) is 39.2 Å². The molecule has 0 unspecified atom stereocenters. The zero-order valence-corrected chi connectivity index (χ0v) is 11.7. The molecule has 0 aliphatic heterocycles. The summed E-state index contributed by atoms with van der Waals surface area (Å²) in [6, 6.07) is 8.32. The maximum absolute atomic E-state index is 13.3. The van der Waals surface area contributed by atoms with Crippen molar-refractivity contribution in [1.29, 1.82) is 0 Å². The monoisotopic (exact) mass is 320 g/mol. The lowest BCUT2D eigenvalue weighted by molar-refractivity contribution is 0.612. The standard InChI is InChI=1S/C14H10BrFN2O/c1-7-4-8(2-3-10(7)16)14-18-12-6-9(15)5-11(17)13(12)19-14/h2-6H,17H2,1H3. The van der Waals surface area contributed by atoms with E-state index in [1.165, 1.54) is 6.07 Å². The minimum atomic E-state index is -0.248. The smallest absolute Gasteiger partial charge is 0.227 e. The molecule has 3 aromatic rings. The average Bonchev–Trinajstić information content (AvgIpc) is 2.76. The van der Waals surface area contributed by atoms with Crippen molar-refractivity contribution < 1.29 is 8.81 Å². The molecule has 0 fully saturated rings. The van der Waals surface area contributed by atoms with E-state index in [2.05, 4.69) is 20.9 Å². The van der Waals surface area contributed by atoms with Crippen LogP contribution in [0.25, 0.3) is 22.6 Å². The summed E-state index contributed by atoms with van der Waals surface area (Å²) in [6.07, 6.45) is 0. The van der Waals surface area contributed by atoms with Crippen LogP contribution in [-0.2, 0) is 0 Å². The van der Waals surface area contributed by atoms with Crippen LogP contribution in [0, 0.1) is 12.7 Å². The van der Waals surface area contributed by atoms with Crippen molar-refractivity contribution >= 4 is 32.7 Å². The Kier molecular flexibility index (Phi) is 2.78. The van der Waals surface area contributed by atoms with Gasteiger partial charge in [0.15, 0.2) is 5.58 Å². The minimum Gasteiger partial charge on any atom is -0.434 e. The van der Waals surface area contributed by atoms with Crippen LogP contribution in [0.3, 0.4) is 0 Å². The molecule has 5 heteroatoms.